The summed E-state index contributed by atoms with van der Waals surface area (Å²) >= 11 is 0. The van der Waals surface area contributed by atoms with Crippen LogP contribution in [0.5, 0.6) is 0 Å². The normalized spacial score (nSPS) is 11.4. The van der Waals surface area contributed by atoms with Crippen LogP contribution in [-0.2, 0) is 0 Å². The molecule has 24 rings (SSSR count). The van der Waals surface area contributed by atoms with Gasteiger partial charge >= 0.3 is 0 Å². The first-order chi connectivity index (χ1) is 64.2. The number of rotatable bonds is 18. The number of para-hydroxylation sites is 8. The molecule has 0 bridgehead atoms. The highest BCUT2D eigenvalue weighted by Crippen LogP contribution is 2.53. The van der Waals surface area contributed by atoms with Gasteiger partial charge in [0.25, 0.3) is 0 Å². The van der Waals surface area contributed by atoms with Gasteiger partial charge in [-0.1, -0.05) is 261 Å². The molecule has 20 aromatic carbocycles. The number of hydrogen-bond donors (Lipinski definition) is 0. The molecule has 0 fully saturated rings. The number of nitrogens with zero attached hydrogens (tertiary/aromatic N) is 10. The fraction of sp³-hybridized carbons (Fsp3) is 0.0333. The second kappa shape index (κ2) is 34.1. The zero-order valence-corrected chi connectivity index (χ0v) is 72.4. The quantitative estimate of drug-likeness (QED) is 0.0776. The minimum atomic E-state index is 0.885. The molecule has 0 amide bonds. The van der Waals surface area contributed by atoms with Crippen molar-refractivity contribution in [3.05, 3.63) is 484 Å². The Hall–Kier alpha value is -17.1. The van der Waals surface area contributed by atoms with Gasteiger partial charge in [0.15, 0.2) is 0 Å². The Morgan fingerprint density at radius 3 is 0.723 bits per heavy atom. The summed E-state index contributed by atoms with van der Waals surface area (Å²) in [6, 6.07) is 155. The van der Waals surface area contributed by atoms with Crippen molar-refractivity contribution in [3.63, 3.8) is 0 Å². The molecule has 0 aliphatic rings. The molecule has 0 saturated heterocycles. The lowest BCUT2D eigenvalue weighted by Crippen LogP contribution is -2.13. The Morgan fingerprint density at radius 2 is 0.431 bits per heavy atom. The summed E-state index contributed by atoms with van der Waals surface area (Å²) in [5, 5.41) is 22.3. The fourth-order valence-electron chi connectivity index (χ4n) is 19.2. The zero-order valence-electron chi connectivity index (χ0n) is 72.4. The van der Waals surface area contributed by atoms with E-state index in [2.05, 4.69) is 468 Å². The van der Waals surface area contributed by atoms with Gasteiger partial charge in [-0.2, -0.15) is 0 Å². The van der Waals surface area contributed by atoms with E-state index in [-0.39, 0.29) is 0 Å². The van der Waals surface area contributed by atoms with Crippen molar-refractivity contribution in [2.75, 3.05) is 29.4 Å². The Bertz CT molecular complexity index is 7470. The van der Waals surface area contributed by atoms with E-state index < -0.39 is 0 Å². The zero-order chi connectivity index (χ0) is 87.1. The molecule has 0 aliphatic carbocycles. The van der Waals surface area contributed by atoms with Crippen LogP contribution in [0, 0.1) is 27.7 Å². The molecular formula is C120H88N10. The molecule has 24 aromatic rings. The molecule has 10 heteroatoms. The summed E-state index contributed by atoms with van der Waals surface area (Å²) in [7, 11) is 0. The van der Waals surface area contributed by atoms with E-state index >= 15 is 0 Å². The van der Waals surface area contributed by atoms with Gasteiger partial charge in [-0.3, -0.25) is 19.7 Å². The van der Waals surface area contributed by atoms with Crippen LogP contribution in [0.1, 0.15) is 22.4 Å². The maximum atomic E-state index is 4.86. The number of aryl methyl sites for hydroxylation is 4. The summed E-state index contributed by atoms with van der Waals surface area (Å²) < 4.78 is 0. The van der Waals surface area contributed by atoms with Crippen LogP contribution in [0.2, 0.25) is 0 Å². The Morgan fingerprint density at radius 1 is 0.169 bits per heavy atom. The predicted octanol–water partition coefficient (Wildman–Crippen LogP) is 33.4. The van der Waals surface area contributed by atoms with E-state index in [4.69, 9.17) is 15.0 Å². The third kappa shape index (κ3) is 14.4. The highest BCUT2D eigenvalue weighted by Gasteiger charge is 2.29. The smallest absolute Gasteiger partial charge is 0.137 e. The molecule has 10 nitrogen and oxygen atoms in total. The largest absolute Gasteiger partial charge is 0.310 e. The van der Waals surface area contributed by atoms with Gasteiger partial charge in [0, 0.05) is 102 Å². The third-order valence-corrected chi connectivity index (χ3v) is 25.1. The number of aromatic nitrogens is 4. The highest BCUT2D eigenvalue weighted by molar-refractivity contribution is 6.32. The summed E-state index contributed by atoms with van der Waals surface area (Å²) in [5.41, 5.74) is 21.3. The van der Waals surface area contributed by atoms with Gasteiger partial charge in [-0.05, 0) is 285 Å². The summed E-state index contributed by atoms with van der Waals surface area (Å²) in [6.45, 7) is 8.53. The molecule has 0 radical (unpaired) electrons. The van der Waals surface area contributed by atoms with Crippen LogP contribution in [0.25, 0.3) is 97.0 Å². The first-order valence-electron chi connectivity index (χ1n) is 44.2. The van der Waals surface area contributed by atoms with Crippen LogP contribution < -0.4 is 29.4 Å². The van der Waals surface area contributed by atoms with Crippen molar-refractivity contribution in [3.8, 4) is 0 Å². The van der Waals surface area contributed by atoms with Crippen LogP contribution in [0.15, 0.2) is 462 Å². The first-order valence-corrected chi connectivity index (χ1v) is 44.2. The van der Waals surface area contributed by atoms with Gasteiger partial charge < -0.3 is 14.7 Å². The third-order valence-electron chi connectivity index (χ3n) is 25.1. The van der Waals surface area contributed by atoms with Gasteiger partial charge in [0.2, 0.25) is 0 Å². The van der Waals surface area contributed by atoms with Crippen LogP contribution in [0.4, 0.5) is 103 Å². The fourth-order valence-corrected chi connectivity index (χ4v) is 19.2. The Balaban J connectivity index is 0.000000114. The highest BCUT2D eigenvalue weighted by atomic mass is 15.2. The summed E-state index contributed by atoms with van der Waals surface area (Å²) in [6.07, 6.45) is 7.62. The van der Waals surface area contributed by atoms with Crippen molar-refractivity contribution >= 4 is 200 Å². The second-order valence-corrected chi connectivity index (χ2v) is 33.1. The lowest BCUT2D eigenvalue weighted by molar-refractivity contribution is 1.17. The van der Waals surface area contributed by atoms with Crippen LogP contribution >= 0.6 is 0 Å². The summed E-state index contributed by atoms with van der Waals surface area (Å²) in [5.74, 6) is 2.66. The van der Waals surface area contributed by atoms with Crippen LogP contribution in [0.3, 0.4) is 0 Å². The minimum Gasteiger partial charge on any atom is -0.310 e. The lowest BCUT2D eigenvalue weighted by atomic mass is 9.88. The maximum absolute atomic E-state index is 4.86. The van der Waals surface area contributed by atoms with Crippen molar-refractivity contribution < 1.29 is 0 Å². The molecular weight excluding hydrogens is 1580 g/mol. The van der Waals surface area contributed by atoms with E-state index in [0.29, 0.717) is 0 Å². The SMILES string of the molecule is Cc1cc(N(c2ccccc2)c2ccccn2)c2ccc3c(C)cc(N(c4ccccc4)c4ccccn4)c4ccc1c2c34.Cc1ccc(N(c2ccccc2)c2ccc3ccc4c(N(c5ccccc5)c5ccc(C)nc5)ccc5ccc2c3c54)nc1.c1ccc(N(c2ccccc2)c2ccc3ccc4c(N(c5ccccc5)c5ccccc5)ccc5ccc2c3c54)cc1. The number of benzene rings is 20. The number of anilines is 18. The maximum Gasteiger partial charge on any atom is 0.137 e. The molecule has 0 spiro atoms. The van der Waals surface area contributed by atoms with E-state index in [1.807, 2.05) is 56.0 Å². The monoisotopic (exact) mass is 1670 g/mol. The first kappa shape index (κ1) is 78.9. The molecule has 0 aliphatic heterocycles. The van der Waals surface area contributed by atoms with Gasteiger partial charge in [-0.25, -0.2) is 15.0 Å². The van der Waals surface area contributed by atoms with E-state index in [9.17, 15) is 0 Å². The molecule has 0 saturated carbocycles. The summed E-state index contributed by atoms with van der Waals surface area (Å²) in [4.78, 5) is 33.0. The predicted molar refractivity (Wildman–Crippen MR) is 549 cm³/mol. The average molecular weight is 1670 g/mol. The van der Waals surface area contributed by atoms with E-state index in [1.54, 1.807) is 0 Å². The molecule has 4 heterocycles. The molecule has 0 N–H and O–H groups in total. The van der Waals surface area contributed by atoms with E-state index in [1.165, 1.54) is 119 Å². The van der Waals surface area contributed by atoms with Gasteiger partial charge in [0.05, 0.1) is 46.0 Å². The van der Waals surface area contributed by atoms with Crippen molar-refractivity contribution in [1.82, 2.24) is 19.9 Å². The molecule has 0 atom stereocenters. The topological polar surface area (TPSA) is 71.0 Å². The molecule has 0 unspecified atom stereocenters. The Kier molecular flexibility index (Phi) is 20.7. The van der Waals surface area contributed by atoms with Crippen molar-refractivity contribution in [2.24, 2.45) is 0 Å². The van der Waals surface area contributed by atoms with Crippen LogP contribution in [-0.4, -0.2) is 19.9 Å². The van der Waals surface area contributed by atoms with Crippen molar-refractivity contribution in [2.45, 2.75) is 27.7 Å². The number of pyridine rings is 4. The van der Waals surface area contributed by atoms with Crippen molar-refractivity contribution in [1.29, 1.82) is 0 Å². The Labute approximate surface area is 755 Å². The second-order valence-electron chi connectivity index (χ2n) is 33.1. The average Bonchev–Trinajstić information content (AvgIpc) is 0.704. The lowest BCUT2D eigenvalue weighted by Gasteiger charge is -2.29. The van der Waals surface area contributed by atoms with E-state index in [0.717, 1.165) is 103 Å². The minimum absolute atomic E-state index is 0.885. The molecule has 130 heavy (non-hydrogen) atoms. The molecule has 4 aromatic heterocycles. The number of hydrogen-bond acceptors (Lipinski definition) is 10. The van der Waals surface area contributed by atoms with Gasteiger partial charge in [-0.15, -0.1) is 0 Å². The van der Waals surface area contributed by atoms with Gasteiger partial charge in [0.1, 0.15) is 17.5 Å². The standard InChI is InChI=1S/2C40H30N4.C40H28N2/c1-27-25-35(43(29-13-5-3-6-14-29)37-17-9-11-23-41-37)33-22-20-32-28(2)26-36(34-21-19-31(27)39(33)40(32)34)44(30-15-7-4-8-16-30)38-18-10-12-24-42-38;1-27-13-24-38(42-25-27)44(32-11-7-4-8-12-32)37-23-18-30-15-20-34-36(22-17-29-16-21-35(37)40(30)39(29)34)43(31-9-5-3-6-10-31)33-19-14-28(2)41-26-33;1-5-13-31(14-6-1)41(32-15-7-2-8-16-32)37-27-23-29-22-26-36-38(28-24-30-21-25-35(37)39(29)40(30)36)42(33-17-9-3-10-18-33)34-19-11-4-12-20-34/h2*3-26H,1-2H3;1-28H. The molecule has 618 valence electrons.